The Kier molecular flexibility index (Phi) is 6.70. The van der Waals surface area contributed by atoms with Crippen LogP contribution in [-0.2, 0) is 16.3 Å². The molecule has 1 aromatic rings. The fraction of sp³-hybridized carbons (Fsp3) is 0.625. The second-order valence-corrected chi connectivity index (χ2v) is 9.71. The summed E-state index contributed by atoms with van der Waals surface area (Å²) in [6, 6.07) is 7.75. The van der Waals surface area contributed by atoms with Crippen LogP contribution in [0.4, 0.5) is 0 Å². The summed E-state index contributed by atoms with van der Waals surface area (Å²) in [7, 11) is -1.19. The van der Waals surface area contributed by atoms with Crippen molar-refractivity contribution in [1.82, 2.24) is 5.32 Å². The van der Waals surface area contributed by atoms with Crippen LogP contribution in [0, 0.1) is 5.92 Å². The van der Waals surface area contributed by atoms with Crippen molar-refractivity contribution >= 4 is 21.4 Å². The van der Waals surface area contributed by atoms with Gasteiger partial charge >= 0.3 is 0 Å². The Labute approximate surface area is 134 Å². The van der Waals surface area contributed by atoms with Crippen LogP contribution in [0.2, 0.25) is 5.02 Å². The van der Waals surface area contributed by atoms with Crippen molar-refractivity contribution in [3.8, 4) is 0 Å². The van der Waals surface area contributed by atoms with E-state index in [0.717, 1.165) is 23.6 Å². The van der Waals surface area contributed by atoms with Crippen LogP contribution in [0.15, 0.2) is 24.3 Å². The minimum atomic E-state index is -3.07. The molecule has 0 spiro atoms. The molecule has 3 nitrogen and oxygen atoms in total. The first-order valence-electron chi connectivity index (χ1n) is 7.27. The average Bonchev–Trinajstić information content (AvgIpc) is 2.37. The quantitative estimate of drug-likeness (QED) is 0.833. The lowest BCUT2D eigenvalue weighted by Gasteiger charge is -2.22. The molecule has 5 heteroatoms. The molecule has 1 aromatic carbocycles. The van der Waals surface area contributed by atoms with E-state index in [-0.39, 0.29) is 11.7 Å². The highest BCUT2D eigenvalue weighted by Crippen LogP contribution is 2.23. The Balaban J connectivity index is 2.74. The van der Waals surface area contributed by atoms with Gasteiger partial charge in [-0.25, -0.2) is 8.42 Å². The molecule has 120 valence electrons. The van der Waals surface area contributed by atoms with E-state index in [1.807, 2.05) is 31.3 Å². The fourth-order valence-electron chi connectivity index (χ4n) is 2.17. The van der Waals surface area contributed by atoms with Crippen LogP contribution in [-0.4, -0.2) is 32.5 Å². The molecule has 0 radical (unpaired) electrons. The summed E-state index contributed by atoms with van der Waals surface area (Å²) in [4.78, 5) is 0. The van der Waals surface area contributed by atoms with E-state index >= 15 is 0 Å². The summed E-state index contributed by atoms with van der Waals surface area (Å²) in [5.41, 5.74) is 1.08. The highest BCUT2D eigenvalue weighted by molar-refractivity contribution is 7.92. The van der Waals surface area contributed by atoms with Gasteiger partial charge in [0.1, 0.15) is 0 Å². The van der Waals surface area contributed by atoms with Crippen LogP contribution < -0.4 is 5.32 Å². The van der Waals surface area contributed by atoms with E-state index < -0.39 is 14.6 Å². The molecule has 0 heterocycles. The summed E-state index contributed by atoms with van der Waals surface area (Å²) < 4.78 is 23.8. The van der Waals surface area contributed by atoms with Crippen molar-refractivity contribution in [2.45, 2.75) is 38.4 Å². The Morgan fingerprint density at radius 3 is 2.38 bits per heavy atom. The number of benzene rings is 1. The number of nitrogens with one attached hydrogen (secondary N) is 1. The Bertz CT molecular complexity index is 550. The molecule has 0 aliphatic heterocycles. The molecule has 0 saturated heterocycles. The van der Waals surface area contributed by atoms with Crippen molar-refractivity contribution in [3.63, 3.8) is 0 Å². The highest BCUT2D eigenvalue weighted by Gasteiger charge is 2.29. The largest absolute Gasteiger partial charge is 0.319 e. The van der Waals surface area contributed by atoms with Gasteiger partial charge < -0.3 is 5.32 Å². The maximum absolute atomic E-state index is 12.2. The van der Waals surface area contributed by atoms with E-state index in [1.54, 1.807) is 20.8 Å². The number of sulfone groups is 1. The molecular formula is C16H26ClNO2S. The lowest BCUT2D eigenvalue weighted by molar-refractivity contribution is 0.474. The summed E-state index contributed by atoms with van der Waals surface area (Å²) in [6.07, 6.45) is 1.44. The first kappa shape index (κ1) is 18.5. The molecule has 0 aliphatic rings. The predicted molar refractivity (Wildman–Crippen MR) is 90.7 cm³/mol. The van der Waals surface area contributed by atoms with Crippen molar-refractivity contribution in [3.05, 3.63) is 34.9 Å². The minimum Gasteiger partial charge on any atom is -0.319 e. The summed E-state index contributed by atoms with van der Waals surface area (Å²) in [5.74, 6) is 0.472. The van der Waals surface area contributed by atoms with Gasteiger partial charge in [-0.2, -0.15) is 0 Å². The third-order valence-electron chi connectivity index (χ3n) is 3.69. The molecule has 0 aliphatic carbocycles. The van der Waals surface area contributed by atoms with Crippen LogP contribution in [0.3, 0.4) is 0 Å². The van der Waals surface area contributed by atoms with Crippen molar-refractivity contribution in [2.75, 3.05) is 19.3 Å². The molecule has 1 atom stereocenters. The summed E-state index contributed by atoms with van der Waals surface area (Å²) in [6.45, 7) is 6.04. The molecule has 0 fully saturated rings. The van der Waals surface area contributed by atoms with Crippen molar-refractivity contribution in [2.24, 2.45) is 5.92 Å². The molecule has 1 unspecified atom stereocenters. The predicted octanol–water partition coefficient (Wildman–Crippen LogP) is 3.32. The summed E-state index contributed by atoms with van der Waals surface area (Å²) >= 11 is 6.19. The smallest absolute Gasteiger partial charge is 0.155 e. The first-order valence-corrected chi connectivity index (χ1v) is 9.30. The number of hydrogen-bond acceptors (Lipinski definition) is 3. The average molecular weight is 332 g/mol. The number of rotatable bonds is 7. The molecule has 0 saturated carbocycles. The van der Waals surface area contributed by atoms with E-state index in [4.69, 9.17) is 11.6 Å². The Hall–Kier alpha value is -0.580. The fourth-order valence-corrected chi connectivity index (χ4v) is 3.64. The molecular weight excluding hydrogens is 306 g/mol. The van der Waals surface area contributed by atoms with E-state index in [1.165, 1.54) is 0 Å². The maximum Gasteiger partial charge on any atom is 0.155 e. The van der Waals surface area contributed by atoms with E-state index in [0.29, 0.717) is 6.42 Å². The van der Waals surface area contributed by atoms with Gasteiger partial charge in [0.25, 0.3) is 0 Å². The normalized spacial score (nSPS) is 14.1. The Morgan fingerprint density at radius 1 is 1.24 bits per heavy atom. The zero-order valence-electron chi connectivity index (χ0n) is 13.3. The number of halogens is 1. The molecule has 0 bridgehead atoms. The summed E-state index contributed by atoms with van der Waals surface area (Å²) in [5, 5.41) is 3.89. The van der Waals surface area contributed by atoms with E-state index in [2.05, 4.69) is 5.32 Å². The van der Waals surface area contributed by atoms with Gasteiger partial charge in [0.15, 0.2) is 9.84 Å². The maximum atomic E-state index is 12.2. The van der Waals surface area contributed by atoms with E-state index in [9.17, 15) is 8.42 Å². The first-order chi connectivity index (χ1) is 9.67. The van der Waals surface area contributed by atoms with Gasteiger partial charge in [0.05, 0.1) is 10.5 Å². The molecule has 1 rings (SSSR count). The zero-order valence-corrected chi connectivity index (χ0v) is 14.9. The van der Waals surface area contributed by atoms with Gasteiger partial charge in [-0.3, -0.25) is 0 Å². The minimum absolute atomic E-state index is 0.216. The Morgan fingerprint density at radius 2 is 1.86 bits per heavy atom. The van der Waals surface area contributed by atoms with Gasteiger partial charge in [-0.15, -0.1) is 0 Å². The number of hydrogen-bond donors (Lipinski definition) is 1. The van der Waals surface area contributed by atoms with Gasteiger partial charge in [0.2, 0.25) is 0 Å². The molecule has 0 amide bonds. The lowest BCUT2D eigenvalue weighted by atomic mass is 9.97. The van der Waals surface area contributed by atoms with Crippen molar-refractivity contribution in [1.29, 1.82) is 0 Å². The van der Waals surface area contributed by atoms with Gasteiger partial charge in [-0.1, -0.05) is 29.8 Å². The molecule has 1 N–H and O–H groups in total. The highest BCUT2D eigenvalue weighted by atomic mass is 35.5. The monoisotopic (exact) mass is 331 g/mol. The second-order valence-electron chi connectivity index (χ2n) is 6.44. The van der Waals surface area contributed by atoms with Crippen LogP contribution >= 0.6 is 11.6 Å². The van der Waals surface area contributed by atoms with Crippen LogP contribution in [0.5, 0.6) is 0 Å². The lowest BCUT2D eigenvalue weighted by Crippen LogP contribution is -2.32. The zero-order chi connectivity index (χ0) is 16.1. The van der Waals surface area contributed by atoms with Crippen LogP contribution in [0.1, 0.15) is 32.8 Å². The SMILES string of the molecule is CNCC(CCS(=O)(=O)C(C)(C)C)Cc1ccccc1Cl. The standard InChI is InChI=1S/C16H26ClNO2S/c1-16(2,3)21(19,20)10-9-13(12-18-4)11-14-7-5-6-8-15(14)17/h5-8,13,18H,9-12H2,1-4H3. The van der Waals surface area contributed by atoms with Crippen molar-refractivity contribution < 1.29 is 8.42 Å². The third kappa shape index (κ3) is 5.61. The third-order valence-corrected chi connectivity index (χ3v) is 6.69. The second kappa shape index (κ2) is 7.61. The van der Waals surface area contributed by atoms with Gasteiger partial charge in [-0.05, 0) is 64.8 Å². The van der Waals surface area contributed by atoms with Gasteiger partial charge in [0, 0.05) is 5.02 Å². The molecule has 0 aromatic heterocycles. The van der Waals surface area contributed by atoms with Crippen LogP contribution in [0.25, 0.3) is 0 Å². The molecule has 21 heavy (non-hydrogen) atoms. The topological polar surface area (TPSA) is 46.2 Å².